The fourth-order valence-electron chi connectivity index (χ4n) is 10.5. The van der Waals surface area contributed by atoms with Crippen LogP contribution in [0.5, 0.6) is 0 Å². The van der Waals surface area contributed by atoms with Crippen molar-refractivity contribution in [2.24, 2.45) is 0 Å². The number of benzene rings is 8. The van der Waals surface area contributed by atoms with Crippen LogP contribution in [0.2, 0.25) is 0 Å². The van der Waals surface area contributed by atoms with Gasteiger partial charge in [0.05, 0.1) is 0 Å². The zero-order chi connectivity index (χ0) is 71.9. The van der Waals surface area contributed by atoms with Crippen molar-refractivity contribution in [3.05, 3.63) is 336 Å². The van der Waals surface area contributed by atoms with Crippen molar-refractivity contribution in [1.82, 2.24) is 0 Å². The molecule has 19 heteroatoms. The largest absolute Gasteiger partial charge is 0.460 e. The molecule has 8 aromatic rings. The Balaban J connectivity index is 1.14. The van der Waals surface area contributed by atoms with E-state index >= 15 is 0 Å². The molecule has 0 unspecified atom stereocenters. The molecule has 0 amide bonds. The number of esters is 8. The first-order valence-electron chi connectivity index (χ1n) is 32.7. The van der Waals surface area contributed by atoms with Crippen LogP contribution in [0.25, 0.3) is 48.6 Å². The molecule has 10 rings (SSSR count). The van der Waals surface area contributed by atoms with Gasteiger partial charge in [-0.2, -0.15) is 0 Å². The standard InChI is InChI=1S/C84H70O19/c85-70(49-41-60-25-9-1-10-26-60)93-57-68-78(97-73(88)52-44-63-31-15-4-16-32-63)80(99-75(90)54-46-65-35-19-6-20-36-65)81(100-76(91)55-47-66-37-21-7-22-38-66)83(96-68)103-84(59-95-72(87)51-43-62-29-13-3-14-30-62)82(101-77(92)56-48-67-39-23-8-24-40-67)79(98-74(89)53-45-64-33-17-5-18-34-64)69(102-84)58-94-71(86)50-42-61-27-11-2-12-28-61/h1-56,68-69,78-83H,57-59H2/b49-41+,50-42+,51-43+,52-44+,53-45+,54-46+,55-47+,56-48+/t68-,69-,78-,79-,80+,81-,82+,83-,84+/m1/s1. The highest BCUT2D eigenvalue weighted by Gasteiger charge is 2.65. The molecule has 0 aromatic heterocycles. The number of hydrogen-bond donors (Lipinski definition) is 0. The average molecular weight is 1380 g/mol. The van der Waals surface area contributed by atoms with Gasteiger partial charge in [-0.1, -0.05) is 243 Å². The summed E-state index contributed by atoms with van der Waals surface area (Å²) in [6, 6.07) is 69.5. The molecule has 520 valence electrons. The van der Waals surface area contributed by atoms with Gasteiger partial charge in [-0.25, -0.2) is 38.4 Å². The van der Waals surface area contributed by atoms with Crippen molar-refractivity contribution in [2.75, 3.05) is 19.8 Å². The summed E-state index contributed by atoms with van der Waals surface area (Å²) in [6.07, 6.45) is 4.10. The van der Waals surface area contributed by atoms with Crippen LogP contribution in [0.1, 0.15) is 44.5 Å². The molecule has 2 saturated heterocycles. The predicted octanol–water partition coefficient (Wildman–Crippen LogP) is 12.7. The Morgan fingerprint density at radius 3 is 0.854 bits per heavy atom. The first kappa shape index (κ1) is 73.0. The van der Waals surface area contributed by atoms with Crippen LogP contribution in [-0.2, 0) is 90.5 Å². The Morgan fingerprint density at radius 2 is 0.534 bits per heavy atom. The molecule has 0 aliphatic carbocycles. The van der Waals surface area contributed by atoms with E-state index in [0.717, 1.165) is 48.6 Å². The van der Waals surface area contributed by atoms with Gasteiger partial charge < -0.3 is 52.1 Å². The van der Waals surface area contributed by atoms with Gasteiger partial charge in [-0.05, 0) is 93.1 Å². The molecule has 0 saturated carbocycles. The van der Waals surface area contributed by atoms with Crippen LogP contribution < -0.4 is 0 Å². The maximum Gasteiger partial charge on any atom is 0.331 e. The fraction of sp³-hybridized carbons (Fsp3) is 0.143. The summed E-state index contributed by atoms with van der Waals surface area (Å²) in [5.74, 6) is -11.3. The summed E-state index contributed by atoms with van der Waals surface area (Å²) in [5, 5.41) is 0. The molecule has 2 heterocycles. The Morgan fingerprint density at radius 1 is 0.282 bits per heavy atom. The van der Waals surface area contributed by atoms with Crippen molar-refractivity contribution >= 4 is 96.4 Å². The van der Waals surface area contributed by atoms with Crippen molar-refractivity contribution in [3.8, 4) is 0 Å². The second-order valence-corrected chi connectivity index (χ2v) is 22.9. The summed E-state index contributed by atoms with van der Waals surface area (Å²) in [6.45, 7) is -2.81. The molecule has 2 aliphatic rings. The monoisotopic (exact) mass is 1380 g/mol. The van der Waals surface area contributed by atoms with Gasteiger partial charge in [0.1, 0.15) is 32.0 Å². The lowest BCUT2D eigenvalue weighted by atomic mass is 9.97. The number of hydrogen-bond acceptors (Lipinski definition) is 19. The van der Waals surface area contributed by atoms with E-state index in [0.29, 0.717) is 44.5 Å². The van der Waals surface area contributed by atoms with Gasteiger partial charge in [0.2, 0.25) is 12.1 Å². The van der Waals surface area contributed by atoms with E-state index in [9.17, 15) is 38.4 Å². The third kappa shape index (κ3) is 23.2. The van der Waals surface area contributed by atoms with Gasteiger partial charge in [0.15, 0.2) is 30.5 Å². The predicted molar refractivity (Wildman–Crippen MR) is 383 cm³/mol. The van der Waals surface area contributed by atoms with E-state index < -0.39 is 122 Å². The summed E-state index contributed by atoms with van der Waals surface area (Å²) in [4.78, 5) is 115. The van der Waals surface area contributed by atoms with Gasteiger partial charge in [0, 0.05) is 48.6 Å². The lowest BCUT2D eigenvalue weighted by Crippen LogP contribution is -2.65. The van der Waals surface area contributed by atoms with E-state index in [-0.39, 0.29) is 0 Å². The topological polar surface area (TPSA) is 238 Å². The highest BCUT2D eigenvalue weighted by Crippen LogP contribution is 2.42. The minimum Gasteiger partial charge on any atom is -0.460 e. The zero-order valence-corrected chi connectivity index (χ0v) is 55.3. The number of carbonyl (C=O) groups is 8. The highest BCUT2D eigenvalue weighted by atomic mass is 16.8. The van der Waals surface area contributed by atoms with Crippen LogP contribution >= 0.6 is 0 Å². The van der Waals surface area contributed by atoms with Gasteiger partial charge >= 0.3 is 47.8 Å². The third-order valence-electron chi connectivity index (χ3n) is 15.5. The first-order valence-corrected chi connectivity index (χ1v) is 32.7. The van der Waals surface area contributed by atoms with Crippen molar-refractivity contribution < 1.29 is 90.5 Å². The highest BCUT2D eigenvalue weighted by molar-refractivity contribution is 5.92. The molecule has 103 heavy (non-hydrogen) atoms. The molecule has 0 bridgehead atoms. The molecule has 9 atom stereocenters. The molecular weight excluding hydrogens is 1310 g/mol. The van der Waals surface area contributed by atoms with E-state index in [1.807, 2.05) is 0 Å². The maximum absolute atomic E-state index is 14.8. The molecule has 2 aliphatic heterocycles. The van der Waals surface area contributed by atoms with Gasteiger partial charge in [-0.3, -0.25) is 0 Å². The molecule has 8 aromatic carbocycles. The number of carbonyl (C=O) groups excluding carboxylic acids is 8. The lowest BCUT2D eigenvalue weighted by molar-refractivity contribution is -0.383. The van der Waals surface area contributed by atoms with Crippen molar-refractivity contribution in [2.45, 2.75) is 54.8 Å². The lowest BCUT2D eigenvalue weighted by Gasteiger charge is -2.46. The Bertz CT molecular complexity index is 4370. The maximum atomic E-state index is 14.8. The molecule has 0 N–H and O–H groups in total. The molecular formula is C84H70O19. The summed E-state index contributed by atoms with van der Waals surface area (Å²) >= 11 is 0. The van der Waals surface area contributed by atoms with Crippen LogP contribution in [0.4, 0.5) is 0 Å². The summed E-state index contributed by atoms with van der Waals surface area (Å²) in [5.41, 5.74) is 4.61. The van der Waals surface area contributed by atoms with Crippen LogP contribution in [0.15, 0.2) is 291 Å². The number of rotatable bonds is 29. The van der Waals surface area contributed by atoms with Gasteiger partial charge in [0.25, 0.3) is 0 Å². The molecule has 2 fully saturated rings. The minimum absolute atomic E-state index is 0.537. The van der Waals surface area contributed by atoms with E-state index in [1.54, 1.807) is 243 Å². The second kappa shape index (κ2) is 38.0. The minimum atomic E-state index is -2.91. The average Bonchev–Trinajstić information content (AvgIpc) is 1.53. The van der Waals surface area contributed by atoms with E-state index in [4.69, 9.17) is 52.1 Å². The Hall–Kier alpha value is -12.7. The summed E-state index contributed by atoms with van der Waals surface area (Å²) in [7, 11) is 0. The van der Waals surface area contributed by atoms with E-state index in [1.165, 1.54) is 48.6 Å². The fourth-order valence-corrected chi connectivity index (χ4v) is 10.5. The normalized spacial score (nSPS) is 20.3. The molecule has 0 radical (unpaired) electrons. The molecule has 19 nitrogen and oxygen atoms in total. The van der Waals surface area contributed by atoms with E-state index in [2.05, 4.69) is 0 Å². The SMILES string of the molecule is O=C(/C=C/c1ccccc1)OC[C@H]1O[C@@](COC(=O)/C=C/c2ccccc2)(O[C@H]2O[C@H](COC(=O)/C=C/c3ccccc3)[C@@H](OC(=O)/C=C/c3ccccc3)[C@H](OC(=O)/C=C/c3ccccc3)[C@H]2OC(=O)/C=C/c2ccccc2)[C@@H](OC(=O)/C=C/c2ccccc2)[C@@H]1OC(=O)/C=C/c1ccccc1. The van der Waals surface area contributed by atoms with Crippen LogP contribution in [-0.4, -0.2) is 122 Å². The number of ether oxygens (including phenoxy) is 11. The molecule has 0 spiro atoms. The Kier molecular flexibility index (Phi) is 27.0. The third-order valence-corrected chi connectivity index (χ3v) is 15.5. The van der Waals surface area contributed by atoms with Crippen molar-refractivity contribution in [3.63, 3.8) is 0 Å². The van der Waals surface area contributed by atoms with Crippen LogP contribution in [0, 0.1) is 0 Å². The summed E-state index contributed by atoms with van der Waals surface area (Å²) < 4.78 is 70.1. The quantitative estimate of drug-likeness (QED) is 0.0240. The van der Waals surface area contributed by atoms with Crippen molar-refractivity contribution in [1.29, 1.82) is 0 Å². The second-order valence-electron chi connectivity index (χ2n) is 22.9. The van der Waals surface area contributed by atoms with Crippen LogP contribution in [0.3, 0.4) is 0 Å². The zero-order valence-electron chi connectivity index (χ0n) is 55.3. The first-order chi connectivity index (χ1) is 50.3. The Labute approximate surface area is 594 Å². The van der Waals surface area contributed by atoms with Gasteiger partial charge in [-0.15, -0.1) is 0 Å². The smallest absolute Gasteiger partial charge is 0.331 e.